The third-order valence-corrected chi connectivity index (χ3v) is 4.57. The smallest absolute Gasteiger partial charge is 0.369 e. The third kappa shape index (κ3) is 3.83. The van der Waals surface area contributed by atoms with Gasteiger partial charge in [-0.3, -0.25) is 4.79 Å². The molecule has 0 radical (unpaired) electrons. The number of alkyl halides is 3. The molecule has 1 aromatic carbocycles. The lowest BCUT2D eigenvalue weighted by Gasteiger charge is -2.32. The van der Waals surface area contributed by atoms with E-state index in [-0.39, 0.29) is 19.0 Å². The molecule has 1 aliphatic heterocycles. The maximum Gasteiger partial charge on any atom is 0.471 e. The number of hydrogen-bond donors (Lipinski definition) is 1. The molecule has 0 aliphatic carbocycles. The minimum absolute atomic E-state index is 0.133. The van der Waals surface area contributed by atoms with Gasteiger partial charge in [-0.1, -0.05) is 12.1 Å². The number of fused-ring (bicyclic) bond motifs is 1. The topological polar surface area (TPSA) is 58.1 Å². The van der Waals surface area contributed by atoms with Crippen molar-refractivity contribution < 1.29 is 18.0 Å². The number of likely N-dealkylation sites (tertiary alicyclic amines) is 1. The summed E-state index contributed by atoms with van der Waals surface area (Å²) in [5.41, 5.74) is 1.91. The minimum atomic E-state index is -4.79. The molecule has 134 valence electrons. The SMILES string of the molecule is Cc1cccc2ncnc(NCC3CCN(C(=O)C(F)(F)F)CC3)c12. The summed E-state index contributed by atoms with van der Waals surface area (Å²) in [6.45, 7) is 2.86. The second-order valence-electron chi connectivity index (χ2n) is 6.31. The second-order valence-corrected chi connectivity index (χ2v) is 6.31. The van der Waals surface area contributed by atoms with Crippen molar-refractivity contribution >= 4 is 22.6 Å². The standard InChI is InChI=1S/C17H19F3N4O/c1-11-3-2-4-13-14(11)15(23-10-22-13)21-9-12-5-7-24(8-6-12)16(25)17(18,19)20/h2-4,10,12H,5-9H2,1H3,(H,21,22,23). The number of aryl methyl sites for hydroxylation is 1. The van der Waals surface area contributed by atoms with E-state index in [9.17, 15) is 18.0 Å². The van der Waals surface area contributed by atoms with E-state index in [0.29, 0.717) is 19.4 Å². The number of nitrogens with zero attached hydrogens (tertiary/aromatic N) is 3. The predicted molar refractivity (Wildman–Crippen MR) is 88.1 cm³/mol. The number of nitrogens with one attached hydrogen (secondary N) is 1. The molecule has 2 aromatic rings. The van der Waals surface area contributed by atoms with Gasteiger partial charge in [-0.15, -0.1) is 0 Å². The van der Waals surface area contributed by atoms with Crippen LogP contribution in [0.1, 0.15) is 18.4 Å². The Morgan fingerprint density at radius 1 is 1.28 bits per heavy atom. The van der Waals surface area contributed by atoms with Crippen molar-refractivity contribution in [3.8, 4) is 0 Å². The number of benzene rings is 1. The fourth-order valence-electron chi connectivity index (χ4n) is 3.18. The van der Waals surface area contributed by atoms with Crippen LogP contribution in [0.2, 0.25) is 0 Å². The first-order chi connectivity index (χ1) is 11.9. The summed E-state index contributed by atoms with van der Waals surface area (Å²) in [6.07, 6.45) is -2.22. The summed E-state index contributed by atoms with van der Waals surface area (Å²) in [4.78, 5) is 20.7. The Morgan fingerprint density at radius 3 is 2.68 bits per heavy atom. The van der Waals surface area contributed by atoms with Crippen LogP contribution in [0.25, 0.3) is 10.9 Å². The van der Waals surface area contributed by atoms with E-state index in [1.54, 1.807) is 0 Å². The van der Waals surface area contributed by atoms with Gasteiger partial charge in [0.15, 0.2) is 0 Å². The lowest BCUT2D eigenvalue weighted by Crippen LogP contribution is -2.46. The average molecular weight is 352 g/mol. The second kappa shape index (κ2) is 6.85. The molecule has 1 saturated heterocycles. The first-order valence-corrected chi connectivity index (χ1v) is 8.16. The number of aromatic nitrogens is 2. The van der Waals surface area contributed by atoms with Gasteiger partial charge in [0.1, 0.15) is 12.1 Å². The zero-order valence-corrected chi connectivity index (χ0v) is 13.8. The van der Waals surface area contributed by atoms with Crippen LogP contribution in [-0.4, -0.2) is 46.6 Å². The number of halogens is 3. The van der Waals surface area contributed by atoms with Crippen molar-refractivity contribution in [2.45, 2.75) is 25.9 Å². The molecule has 0 saturated carbocycles. The van der Waals surface area contributed by atoms with Gasteiger partial charge in [-0.2, -0.15) is 13.2 Å². The third-order valence-electron chi connectivity index (χ3n) is 4.57. The minimum Gasteiger partial charge on any atom is -0.369 e. The number of carbonyl (C=O) groups is 1. The first kappa shape index (κ1) is 17.4. The molecule has 0 atom stereocenters. The van der Waals surface area contributed by atoms with Gasteiger partial charge in [-0.05, 0) is 37.3 Å². The zero-order valence-electron chi connectivity index (χ0n) is 13.8. The highest BCUT2D eigenvalue weighted by Crippen LogP contribution is 2.26. The summed E-state index contributed by atoms with van der Waals surface area (Å²) < 4.78 is 37.4. The van der Waals surface area contributed by atoms with Crippen LogP contribution in [0.4, 0.5) is 19.0 Å². The molecule has 0 unspecified atom stereocenters. The molecule has 25 heavy (non-hydrogen) atoms. The number of piperidine rings is 1. The van der Waals surface area contributed by atoms with Crippen molar-refractivity contribution in [1.29, 1.82) is 0 Å². The van der Waals surface area contributed by atoms with Crippen LogP contribution in [0.3, 0.4) is 0 Å². The van der Waals surface area contributed by atoms with Crippen LogP contribution in [-0.2, 0) is 4.79 Å². The highest BCUT2D eigenvalue weighted by molar-refractivity contribution is 5.91. The number of anilines is 1. The molecule has 0 bridgehead atoms. The zero-order chi connectivity index (χ0) is 18.0. The molecular formula is C17H19F3N4O. The lowest BCUT2D eigenvalue weighted by molar-refractivity contribution is -0.186. The molecule has 5 nitrogen and oxygen atoms in total. The summed E-state index contributed by atoms with van der Waals surface area (Å²) in [5.74, 6) is -0.806. The van der Waals surface area contributed by atoms with Gasteiger partial charge >= 0.3 is 12.1 Å². The number of amides is 1. The number of rotatable bonds is 3. The van der Waals surface area contributed by atoms with Gasteiger partial charge in [0, 0.05) is 25.0 Å². The van der Waals surface area contributed by atoms with E-state index < -0.39 is 12.1 Å². The molecule has 8 heteroatoms. The molecule has 1 fully saturated rings. The van der Waals surface area contributed by atoms with E-state index in [0.717, 1.165) is 27.2 Å². The van der Waals surface area contributed by atoms with Crippen LogP contribution < -0.4 is 5.32 Å². The van der Waals surface area contributed by atoms with Gasteiger partial charge in [0.2, 0.25) is 0 Å². The number of carbonyl (C=O) groups excluding carboxylic acids is 1. The summed E-state index contributed by atoms with van der Waals surface area (Å²) in [5, 5.41) is 4.25. The largest absolute Gasteiger partial charge is 0.471 e. The average Bonchev–Trinajstić information content (AvgIpc) is 2.59. The van der Waals surface area contributed by atoms with Crippen LogP contribution in [0.15, 0.2) is 24.5 Å². The fourth-order valence-corrected chi connectivity index (χ4v) is 3.18. The van der Waals surface area contributed by atoms with Gasteiger partial charge in [0.05, 0.1) is 5.52 Å². The normalized spacial score (nSPS) is 16.2. The molecular weight excluding hydrogens is 333 g/mol. The lowest BCUT2D eigenvalue weighted by atomic mass is 9.96. The van der Waals surface area contributed by atoms with E-state index >= 15 is 0 Å². The maximum atomic E-state index is 12.5. The van der Waals surface area contributed by atoms with Crippen molar-refractivity contribution in [2.75, 3.05) is 25.0 Å². The van der Waals surface area contributed by atoms with E-state index in [2.05, 4.69) is 15.3 Å². The molecule has 3 rings (SSSR count). The maximum absolute atomic E-state index is 12.5. The fraction of sp³-hybridized carbons (Fsp3) is 0.471. The summed E-state index contributed by atoms with van der Waals surface area (Å²) in [7, 11) is 0. The monoisotopic (exact) mass is 352 g/mol. The highest BCUT2D eigenvalue weighted by atomic mass is 19.4. The van der Waals surface area contributed by atoms with Crippen molar-refractivity contribution in [2.24, 2.45) is 5.92 Å². The van der Waals surface area contributed by atoms with Crippen LogP contribution in [0.5, 0.6) is 0 Å². The predicted octanol–water partition coefficient (Wildman–Crippen LogP) is 3.15. The van der Waals surface area contributed by atoms with E-state index in [1.807, 2.05) is 25.1 Å². The molecule has 1 aliphatic rings. The molecule has 0 spiro atoms. The Labute approximate surface area is 143 Å². The number of hydrogen-bond acceptors (Lipinski definition) is 4. The van der Waals surface area contributed by atoms with E-state index in [4.69, 9.17) is 0 Å². The van der Waals surface area contributed by atoms with E-state index in [1.165, 1.54) is 6.33 Å². The van der Waals surface area contributed by atoms with Crippen LogP contribution >= 0.6 is 0 Å². The Hall–Kier alpha value is -2.38. The molecule has 1 amide bonds. The van der Waals surface area contributed by atoms with Gasteiger partial charge in [-0.25, -0.2) is 9.97 Å². The Morgan fingerprint density at radius 2 is 2.00 bits per heavy atom. The molecule has 1 aromatic heterocycles. The van der Waals surface area contributed by atoms with Crippen molar-refractivity contribution in [1.82, 2.24) is 14.9 Å². The van der Waals surface area contributed by atoms with Crippen molar-refractivity contribution in [3.05, 3.63) is 30.1 Å². The molecule has 1 N–H and O–H groups in total. The Kier molecular flexibility index (Phi) is 4.78. The van der Waals surface area contributed by atoms with Gasteiger partial charge < -0.3 is 10.2 Å². The summed E-state index contributed by atoms with van der Waals surface area (Å²) in [6, 6.07) is 5.83. The van der Waals surface area contributed by atoms with Crippen molar-refractivity contribution in [3.63, 3.8) is 0 Å². The molecule has 2 heterocycles. The Balaban J connectivity index is 1.60. The quantitative estimate of drug-likeness (QED) is 0.922. The summed E-state index contributed by atoms with van der Waals surface area (Å²) >= 11 is 0. The van der Waals surface area contributed by atoms with Gasteiger partial charge in [0.25, 0.3) is 0 Å². The van der Waals surface area contributed by atoms with Crippen LogP contribution in [0, 0.1) is 12.8 Å². The Bertz CT molecular complexity index is 765. The highest BCUT2D eigenvalue weighted by Gasteiger charge is 2.43. The first-order valence-electron chi connectivity index (χ1n) is 8.16.